The second-order valence-corrected chi connectivity index (χ2v) is 6.02. The molecule has 0 aromatic rings. The topological polar surface area (TPSA) is 98.7 Å². The molecule has 3 aliphatic rings. The summed E-state index contributed by atoms with van der Waals surface area (Å²) in [5.74, 6) is -1.27. The fraction of sp³-hybridized carbons (Fsp3) is 0.846. The van der Waals surface area contributed by atoms with Crippen molar-refractivity contribution in [1.29, 1.82) is 0 Å². The molecule has 2 saturated heterocycles. The van der Waals surface area contributed by atoms with Crippen LogP contribution in [0.25, 0.3) is 0 Å². The lowest BCUT2D eigenvalue weighted by Gasteiger charge is -2.37. The van der Waals surface area contributed by atoms with Crippen molar-refractivity contribution in [1.82, 2.24) is 10.6 Å². The Bertz CT molecular complexity index is 400. The molecule has 1 saturated carbocycles. The minimum atomic E-state index is -0.952. The molecule has 0 bridgehead atoms. The number of nitrogens with one attached hydrogen (secondary N) is 2. The minimum absolute atomic E-state index is 0.124. The first-order valence-electron chi connectivity index (χ1n) is 7.05. The summed E-state index contributed by atoms with van der Waals surface area (Å²) in [7, 11) is 0. The van der Waals surface area contributed by atoms with Crippen molar-refractivity contribution >= 4 is 11.9 Å². The monoisotopic (exact) mass is 268 g/mol. The summed E-state index contributed by atoms with van der Waals surface area (Å²) in [4.78, 5) is 22.6. The summed E-state index contributed by atoms with van der Waals surface area (Å²) < 4.78 is 0. The Morgan fingerprint density at radius 3 is 2.37 bits per heavy atom. The molecule has 0 aromatic carbocycles. The van der Waals surface area contributed by atoms with Gasteiger partial charge in [0.2, 0.25) is 0 Å². The lowest BCUT2D eigenvalue weighted by atomic mass is 9.73. The Morgan fingerprint density at radius 2 is 1.68 bits per heavy atom. The second kappa shape index (κ2) is 4.76. The minimum Gasteiger partial charge on any atom is -0.480 e. The number of aliphatic carboxylic acids is 2. The van der Waals surface area contributed by atoms with Gasteiger partial charge in [0, 0.05) is 12.1 Å². The number of fused-ring (bicyclic) bond motifs is 3. The van der Waals surface area contributed by atoms with Gasteiger partial charge in [-0.1, -0.05) is 12.8 Å². The van der Waals surface area contributed by atoms with E-state index in [4.69, 9.17) is 0 Å². The molecule has 1 aliphatic carbocycles. The van der Waals surface area contributed by atoms with E-state index < -0.39 is 24.0 Å². The van der Waals surface area contributed by atoms with Gasteiger partial charge in [0.25, 0.3) is 0 Å². The number of rotatable bonds is 2. The van der Waals surface area contributed by atoms with E-state index in [9.17, 15) is 19.8 Å². The van der Waals surface area contributed by atoms with E-state index in [0.717, 1.165) is 12.8 Å². The van der Waals surface area contributed by atoms with Gasteiger partial charge in [-0.25, -0.2) is 0 Å². The number of piperidine rings is 1. The number of hydrogen-bond donors (Lipinski definition) is 4. The van der Waals surface area contributed by atoms with Gasteiger partial charge in [-0.05, 0) is 31.1 Å². The maximum absolute atomic E-state index is 11.4. The smallest absolute Gasteiger partial charge is 0.322 e. The van der Waals surface area contributed by atoms with Crippen LogP contribution in [0.15, 0.2) is 0 Å². The highest BCUT2D eigenvalue weighted by molar-refractivity contribution is 5.79. The third-order valence-corrected chi connectivity index (χ3v) is 5.05. The third-order valence-electron chi connectivity index (χ3n) is 5.05. The van der Waals surface area contributed by atoms with E-state index >= 15 is 0 Å². The summed E-state index contributed by atoms with van der Waals surface area (Å²) >= 11 is 0. The molecule has 3 rings (SSSR count). The van der Waals surface area contributed by atoms with Crippen LogP contribution >= 0.6 is 0 Å². The van der Waals surface area contributed by atoms with Crippen LogP contribution in [-0.2, 0) is 9.59 Å². The van der Waals surface area contributed by atoms with Crippen molar-refractivity contribution in [2.24, 2.45) is 11.8 Å². The van der Waals surface area contributed by atoms with E-state index in [1.807, 2.05) is 0 Å². The third kappa shape index (κ3) is 2.12. The van der Waals surface area contributed by atoms with Crippen molar-refractivity contribution in [2.45, 2.75) is 56.3 Å². The molecule has 6 nitrogen and oxygen atoms in total. The Labute approximate surface area is 111 Å². The fourth-order valence-electron chi connectivity index (χ4n) is 4.24. The molecule has 6 heteroatoms. The van der Waals surface area contributed by atoms with E-state index in [2.05, 4.69) is 10.6 Å². The van der Waals surface area contributed by atoms with Crippen molar-refractivity contribution < 1.29 is 19.8 Å². The van der Waals surface area contributed by atoms with Gasteiger partial charge < -0.3 is 15.5 Å². The molecule has 3 fully saturated rings. The fourth-order valence-corrected chi connectivity index (χ4v) is 4.24. The SMILES string of the molecule is O=C(O)C1CC2C3CCCCC3NC2C(C(=O)O)N1. The quantitative estimate of drug-likeness (QED) is 0.564. The molecule has 6 atom stereocenters. The van der Waals surface area contributed by atoms with Gasteiger partial charge in [-0.15, -0.1) is 0 Å². The van der Waals surface area contributed by atoms with Gasteiger partial charge in [-0.3, -0.25) is 14.9 Å². The molecule has 2 heterocycles. The van der Waals surface area contributed by atoms with Crippen LogP contribution in [0, 0.1) is 11.8 Å². The van der Waals surface area contributed by atoms with Gasteiger partial charge >= 0.3 is 11.9 Å². The van der Waals surface area contributed by atoms with Crippen LogP contribution in [0.3, 0.4) is 0 Å². The highest BCUT2D eigenvalue weighted by atomic mass is 16.4. The highest BCUT2D eigenvalue weighted by Crippen LogP contribution is 2.42. The molecular weight excluding hydrogens is 248 g/mol. The molecule has 4 N–H and O–H groups in total. The molecule has 0 aromatic heterocycles. The zero-order chi connectivity index (χ0) is 13.6. The van der Waals surface area contributed by atoms with Gasteiger partial charge in [0.15, 0.2) is 0 Å². The van der Waals surface area contributed by atoms with E-state index in [-0.39, 0.29) is 12.0 Å². The molecule has 19 heavy (non-hydrogen) atoms. The summed E-state index contributed by atoms with van der Waals surface area (Å²) in [6.45, 7) is 0. The summed E-state index contributed by atoms with van der Waals surface area (Å²) in [6.07, 6.45) is 5.08. The Morgan fingerprint density at radius 1 is 0.947 bits per heavy atom. The maximum Gasteiger partial charge on any atom is 0.322 e. The zero-order valence-corrected chi connectivity index (χ0v) is 10.7. The van der Waals surface area contributed by atoms with E-state index in [0.29, 0.717) is 18.4 Å². The molecule has 0 spiro atoms. The lowest BCUT2D eigenvalue weighted by molar-refractivity contribution is -0.145. The predicted molar refractivity (Wildman–Crippen MR) is 66.8 cm³/mol. The molecule has 2 aliphatic heterocycles. The van der Waals surface area contributed by atoms with Crippen LogP contribution in [0.4, 0.5) is 0 Å². The summed E-state index contributed by atoms with van der Waals surface area (Å²) in [5, 5.41) is 24.7. The first kappa shape index (κ1) is 12.9. The van der Waals surface area contributed by atoms with Crippen LogP contribution in [0.5, 0.6) is 0 Å². The standard InChI is InChI=1S/C13H20N2O4/c16-12(17)9-5-7-6-3-1-2-4-8(6)14-10(7)11(15-9)13(18)19/h6-11,14-15H,1-5H2,(H,16,17)(H,18,19). The second-order valence-electron chi connectivity index (χ2n) is 6.02. The van der Waals surface area contributed by atoms with Crippen molar-refractivity contribution in [3.63, 3.8) is 0 Å². The van der Waals surface area contributed by atoms with Gasteiger partial charge in [0.1, 0.15) is 12.1 Å². The van der Waals surface area contributed by atoms with Crippen molar-refractivity contribution in [2.75, 3.05) is 0 Å². The number of carboxylic acid groups (broad SMARTS) is 2. The normalized spacial score (nSPS) is 45.3. The van der Waals surface area contributed by atoms with Crippen LogP contribution in [0.2, 0.25) is 0 Å². The molecule has 6 unspecified atom stereocenters. The number of hydrogen-bond acceptors (Lipinski definition) is 4. The average Bonchev–Trinajstić information content (AvgIpc) is 2.75. The zero-order valence-electron chi connectivity index (χ0n) is 10.7. The molecule has 0 radical (unpaired) electrons. The predicted octanol–water partition coefficient (Wildman–Crippen LogP) is 0.0329. The van der Waals surface area contributed by atoms with Gasteiger partial charge in [0.05, 0.1) is 0 Å². The Balaban J connectivity index is 1.85. The van der Waals surface area contributed by atoms with Crippen LogP contribution in [0.1, 0.15) is 32.1 Å². The largest absolute Gasteiger partial charge is 0.480 e. The Hall–Kier alpha value is -1.14. The van der Waals surface area contributed by atoms with Crippen molar-refractivity contribution in [3.05, 3.63) is 0 Å². The Kier molecular flexibility index (Phi) is 3.22. The highest BCUT2D eigenvalue weighted by Gasteiger charge is 2.52. The summed E-state index contributed by atoms with van der Waals surface area (Å²) in [6, 6.07) is -1.27. The number of carbonyl (C=O) groups is 2. The first-order valence-corrected chi connectivity index (χ1v) is 7.05. The summed E-state index contributed by atoms with van der Waals surface area (Å²) in [5.41, 5.74) is 0. The van der Waals surface area contributed by atoms with Crippen molar-refractivity contribution in [3.8, 4) is 0 Å². The van der Waals surface area contributed by atoms with Gasteiger partial charge in [-0.2, -0.15) is 0 Å². The molecule has 0 amide bonds. The average molecular weight is 268 g/mol. The van der Waals surface area contributed by atoms with E-state index in [1.54, 1.807) is 0 Å². The van der Waals surface area contributed by atoms with Crippen LogP contribution in [-0.4, -0.2) is 46.3 Å². The molecule has 106 valence electrons. The maximum atomic E-state index is 11.4. The van der Waals surface area contributed by atoms with Crippen LogP contribution < -0.4 is 10.6 Å². The van der Waals surface area contributed by atoms with E-state index in [1.165, 1.54) is 12.8 Å². The number of carboxylic acids is 2. The lowest BCUT2D eigenvalue weighted by Crippen LogP contribution is -2.62. The first-order chi connectivity index (χ1) is 9.08. The molecular formula is C13H20N2O4.